The molecular formula is C28H60Mg2. The van der Waals surface area contributed by atoms with Crippen LogP contribution in [-0.2, 0) is 0 Å². The molecule has 0 aromatic rings. The maximum Gasteiger partial charge on any atom is 0.364 e. The molecule has 0 bridgehead atoms. The summed E-state index contributed by atoms with van der Waals surface area (Å²) < 4.78 is 6.47. The Balaban J connectivity index is 0. The van der Waals surface area contributed by atoms with Gasteiger partial charge in [0.15, 0.2) is 0 Å². The molecule has 0 fully saturated rings. The minimum Gasteiger partial charge on any atom is -0.146 e. The van der Waals surface area contributed by atoms with E-state index in [0.29, 0.717) is 40.7 Å². The van der Waals surface area contributed by atoms with Crippen LogP contribution in [0.3, 0.4) is 0 Å². The molecule has 0 amide bonds. The fourth-order valence-electron chi connectivity index (χ4n) is 4.18. The Hall–Kier alpha value is 1.53. The van der Waals surface area contributed by atoms with Gasteiger partial charge in [-0.05, 0) is 0 Å². The highest BCUT2D eigenvalue weighted by atomic mass is 24.5. The summed E-state index contributed by atoms with van der Waals surface area (Å²) in [7, 11) is 0. The van der Waals surface area contributed by atoms with Crippen molar-refractivity contribution in [2.75, 3.05) is 0 Å². The van der Waals surface area contributed by atoms with Crippen molar-refractivity contribution in [1.29, 1.82) is 0 Å². The lowest BCUT2D eigenvalue weighted by Crippen LogP contribution is -1.90. The van der Waals surface area contributed by atoms with Crippen LogP contribution in [0, 0.1) is 0 Å². The van der Waals surface area contributed by atoms with E-state index >= 15 is 0 Å². The highest BCUT2D eigenvalue weighted by Crippen LogP contribution is 2.10. The van der Waals surface area contributed by atoms with Gasteiger partial charge in [0, 0.05) is 0 Å². The van der Waals surface area contributed by atoms with E-state index in [1.807, 2.05) is 0 Å². The minimum absolute atomic E-state index is 0.332. The van der Waals surface area contributed by atoms with Crippen molar-refractivity contribution in [3.8, 4) is 0 Å². The molecule has 0 aliphatic carbocycles. The summed E-state index contributed by atoms with van der Waals surface area (Å²) in [5, 5.41) is 0. The third-order valence-corrected chi connectivity index (χ3v) is 10.4. The zero-order chi connectivity index (χ0) is 22.4. The van der Waals surface area contributed by atoms with Crippen LogP contribution in [0.5, 0.6) is 0 Å². The van der Waals surface area contributed by atoms with Gasteiger partial charge in [-0.1, -0.05) is 156 Å². The lowest BCUT2D eigenvalue weighted by Gasteiger charge is -2.01. The first-order valence-corrected chi connectivity index (χ1v) is 18.8. The minimum atomic E-state index is 0.332. The lowest BCUT2D eigenvalue weighted by atomic mass is 10.1. The van der Waals surface area contributed by atoms with Crippen molar-refractivity contribution in [3.63, 3.8) is 0 Å². The number of hydrogen-bond acceptors (Lipinski definition) is 0. The van der Waals surface area contributed by atoms with E-state index < -0.39 is 0 Å². The second-order valence-corrected chi connectivity index (χ2v) is 14.0. The Labute approximate surface area is 213 Å². The predicted octanol–water partition coefficient (Wildman–Crippen LogP) is 10.9. The molecular weight excluding hydrogens is 385 g/mol. The van der Waals surface area contributed by atoms with E-state index in [0.717, 1.165) is 0 Å². The fourth-order valence-corrected chi connectivity index (χ4v) is 7.86. The predicted molar refractivity (Wildman–Crippen MR) is 146 cm³/mol. The zero-order valence-electron chi connectivity index (χ0n) is 22.4. The Morgan fingerprint density at radius 3 is 0.800 bits per heavy atom. The van der Waals surface area contributed by atoms with Gasteiger partial charge in [-0.2, -0.15) is 0 Å². The van der Waals surface area contributed by atoms with E-state index in [-0.39, 0.29) is 0 Å². The molecule has 0 unspecified atom stereocenters. The Kier molecular flexibility index (Phi) is 39.5. The van der Waals surface area contributed by atoms with Crippen LogP contribution in [0.4, 0.5) is 0 Å². The molecule has 0 aromatic heterocycles. The topological polar surface area (TPSA) is 0 Å². The SMILES string of the molecule is CCCCCCC[CH2][Mg][CH2]CCC.CCCCCCC[CH2][Mg][CH2]CCCCCCC. The molecule has 0 aliphatic heterocycles. The summed E-state index contributed by atoms with van der Waals surface area (Å²) in [6, 6.07) is 0. The molecule has 0 heterocycles. The Morgan fingerprint density at radius 2 is 0.500 bits per heavy atom. The first-order valence-electron chi connectivity index (χ1n) is 14.8. The van der Waals surface area contributed by atoms with E-state index in [1.165, 1.54) is 109 Å². The highest BCUT2D eigenvalue weighted by molar-refractivity contribution is 6.35. The van der Waals surface area contributed by atoms with Gasteiger partial charge in [-0.3, -0.25) is 0 Å². The third kappa shape index (κ3) is 36.9. The Morgan fingerprint density at radius 1 is 0.267 bits per heavy atom. The van der Waals surface area contributed by atoms with Gasteiger partial charge in [0.1, 0.15) is 0 Å². The van der Waals surface area contributed by atoms with Crippen LogP contribution in [0.2, 0.25) is 18.2 Å². The summed E-state index contributed by atoms with van der Waals surface area (Å²) in [6.45, 7) is 9.19. The summed E-state index contributed by atoms with van der Waals surface area (Å²) >= 11 is 0.693. The number of rotatable bonds is 24. The first-order chi connectivity index (χ1) is 14.8. The van der Waals surface area contributed by atoms with E-state index in [1.54, 1.807) is 37.5 Å². The average molecular weight is 445 g/mol. The second-order valence-electron chi connectivity index (χ2n) is 9.78. The number of hydrogen-bond donors (Lipinski definition) is 0. The fraction of sp³-hybridized carbons (Fsp3) is 1.00. The molecule has 176 valence electrons. The van der Waals surface area contributed by atoms with Crippen molar-refractivity contribution in [1.82, 2.24) is 0 Å². The third-order valence-electron chi connectivity index (χ3n) is 6.41. The smallest absolute Gasteiger partial charge is 0.146 e. The molecule has 0 aromatic carbocycles. The highest BCUT2D eigenvalue weighted by Gasteiger charge is 1.97. The molecule has 30 heavy (non-hydrogen) atoms. The molecule has 0 aliphatic rings. The molecule has 0 radical (unpaired) electrons. The van der Waals surface area contributed by atoms with Crippen molar-refractivity contribution in [2.45, 2.75) is 174 Å². The largest absolute Gasteiger partial charge is 0.364 e. The molecule has 0 rings (SSSR count). The summed E-state index contributed by atoms with van der Waals surface area (Å²) in [5.41, 5.74) is 0. The van der Waals surface area contributed by atoms with Crippen LogP contribution in [0.25, 0.3) is 0 Å². The van der Waals surface area contributed by atoms with Gasteiger partial charge >= 0.3 is 40.7 Å². The average Bonchev–Trinajstić information content (AvgIpc) is 2.76. The molecule has 0 saturated carbocycles. The van der Waals surface area contributed by atoms with Crippen LogP contribution in [0.15, 0.2) is 0 Å². The van der Waals surface area contributed by atoms with Crippen LogP contribution in [0.1, 0.15) is 156 Å². The standard InChI is InChI=1S/3C8H17.C4H9.2Mg/c3*1-3-5-7-8-6-4-2;1-3-4-2;;/h3*1,3-8H2,2H3;1,3-4H2,2H3;;. The van der Waals surface area contributed by atoms with Gasteiger partial charge in [-0.25, -0.2) is 0 Å². The molecule has 0 spiro atoms. The van der Waals surface area contributed by atoms with Gasteiger partial charge in [0.2, 0.25) is 0 Å². The summed E-state index contributed by atoms with van der Waals surface area (Å²) in [6.07, 6.45) is 29.5. The molecule has 0 nitrogen and oxygen atoms in total. The normalized spacial score (nSPS) is 10.3. The number of unbranched alkanes of at least 4 members (excludes halogenated alkanes) is 16. The van der Waals surface area contributed by atoms with E-state index in [4.69, 9.17) is 0 Å². The maximum absolute atomic E-state index is 2.30. The van der Waals surface area contributed by atoms with Gasteiger partial charge in [0.05, 0.1) is 0 Å². The maximum atomic E-state index is 2.30. The van der Waals surface area contributed by atoms with Crippen molar-refractivity contribution in [2.24, 2.45) is 0 Å². The summed E-state index contributed by atoms with van der Waals surface area (Å²) in [5.74, 6) is 0. The van der Waals surface area contributed by atoms with Crippen molar-refractivity contribution >= 4 is 40.7 Å². The van der Waals surface area contributed by atoms with Gasteiger partial charge < -0.3 is 0 Å². The van der Waals surface area contributed by atoms with Gasteiger partial charge in [0.25, 0.3) is 0 Å². The summed E-state index contributed by atoms with van der Waals surface area (Å²) in [4.78, 5) is 0. The van der Waals surface area contributed by atoms with Crippen LogP contribution < -0.4 is 0 Å². The van der Waals surface area contributed by atoms with Gasteiger partial charge in [-0.15, -0.1) is 18.2 Å². The molecule has 0 atom stereocenters. The molecule has 2 heteroatoms. The Bertz CT molecular complexity index is 231. The quantitative estimate of drug-likeness (QED) is 0.102. The van der Waals surface area contributed by atoms with E-state index in [9.17, 15) is 0 Å². The molecule has 0 saturated heterocycles. The van der Waals surface area contributed by atoms with Crippen LogP contribution >= 0.6 is 0 Å². The second kappa shape index (κ2) is 35.1. The zero-order valence-corrected chi connectivity index (χ0v) is 25.2. The van der Waals surface area contributed by atoms with Crippen molar-refractivity contribution < 1.29 is 0 Å². The first kappa shape index (κ1) is 33.7. The molecule has 0 N–H and O–H groups in total. The van der Waals surface area contributed by atoms with E-state index in [2.05, 4.69) is 27.7 Å². The van der Waals surface area contributed by atoms with Crippen molar-refractivity contribution in [3.05, 3.63) is 0 Å². The lowest BCUT2D eigenvalue weighted by molar-refractivity contribution is 0.618. The monoisotopic (exact) mass is 444 g/mol. The van der Waals surface area contributed by atoms with Crippen LogP contribution in [-0.4, -0.2) is 40.7 Å².